The van der Waals surface area contributed by atoms with Crippen LogP contribution >= 0.6 is 11.3 Å². The van der Waals surface area contributed by atoms with E-state index in [1.165, 1.54) is 0 Å². The summed E-state index contributed by atoms with van der Waals surface area (Å²) in [4.78, 5) is 4.19. The van der Waals surface area contributed by atoms with Gasteiger partial charge in [0.05, 0.1) is 6.20 Å². The lowest BCUT2D eigenvalue weighted by molar-refractivity contribution is 0.530. The minimum atomic E-state index is 0.856. The van der Waals surface area contributed by atoms with Gasteiger partial charge < -0.3 is 5.32 Å². The Kier molecular flexibility index (Phi) is 3.81. The summed E-state index contributed by atoms with van der Waals surface area (Å²) in [5.41, 5.74) is 0. The minimum Gasteiger partial charge on any atom is -0.310 e. The third-order valence-corrected chi connectivity index (χ3v) is 2.75. The highest BCUT2D eigenvalue weighted by Gasteiger charge is 1.95. The van der Waals surface area contributed by atoms with Crippen molar-refractivity contribution in [1.82, 2.24) is 25.3 Å². The molecule has 0 unspecified atom stereocenters. The largest absolute Gasteiger partial charge is 0.310 e. The molecular weight excluding hydrogens is 210 g/mol. The van der Waals surface area contributed by atoms with Gasteiger partial charge in [0.15, 0.2) is 0 Å². The Labute approximate surface area is 92.2 Å². The van der Waals surface area contributed by atoms with E-state index < -0.39 is 0 Å². The van der Waals surface area contributed by atoms with Crippen LogP contribution in [0.25, 0.3) is 0 Å². The second kappa shape index (κ2) is 5.57. The molecule has 15 heavy (non-hydrogen) atoms. The average Bonchev–Trinajstić information content (AvgIpc) is 2.88. The molecule has 0 spiro atoms. The lowest BCUT2D eigenvalue weighted by Crippen LogP contribution is -2.16. The van der Waals surface area contributed by atoms with E-state index in [1.54, 1.807) is 17.5 Å². The summed E-state index contributed by atoms with van der Waals surface area (Å²) in [6.45, 7) is 2.74. The number of hydrogen-bond acceptors (Lipinski definition) is 5. The molecule has 0 amide bonds. The van der Waals surface area contributed by atoms with Crippen LogP contribution < -0.4 is 5.32 Å². The second-order valence-electron chi connectivity index (χ2n) is 3.12. The summed E-state index contributed by atoms with van der Waals surface area (Å²) < 4.78 is 1.84. The van der Waals surface area contributed by atoms with Crippen molar-refractivity contribution in [3.63, 3.8) is 0 Å². The predicted octanol–water partition coefficient (Wildman–Crippen LogP) is 0.914. The van der Waals surface area contributed by atoms with Crippen molar-refractivity contribution in [3.8, 4) is 0 Å². The first-order valence-corrected chi connectivity index (χ1v) is 5.76. The van der Waals surface area contributed by atoms with Gasteiger partial charge in [-0.2, -0.15) is 0 Å². The average molecular weight is 223 g/mol. The highest BCUT2D eigenvalue weighted by atomic mass is 32.1. The molecule has 2 heterocycles. The predicted molar refractivity (Wildman–Crippen MR) is 58.5 cm³/mol. The molecule has 0 saturated heterocycles. The highest BCUT2D eigenvalue weighted by Crippen LogP contribution is 2.02. The zero-order valence-corrected chi connectivity index (χ0v) is 9.15. The second-order valence-corrected chi connectivity index (χ2v) is 4.10. The Morgan fingerprint density at radius 1 is 1.40 bits per heavy atom. The molecule has 80 valence electrons. The van der Waals surface area contributed by atoms with Crippen molar-refractivity contribution in [3.05, 3.63) is 29.0 Å². The molecule has 0 aliphatic heterocycles. The third-order valence-electron chi connectivity index (χ3n) is 1.97. The van der Waals surface area contributed by atoms with Crippen molar-refractivity contribution < 1.29 is 0 Å². The molecular formula is C9H13N5S. The van der Waals surface area contributed by atoms with Crippen molar-refractivity contribution in [2.75, 3.05) is 6.54 Å². The first-order valence-electron chi connectivity index (χ1n) is 4.88. The minimum absolute atomic E-state index is 0.856. The number of rotatable bonds is 6. The summed E-state index contributed by atoms with van der Waals surface area (Å²) in [5.74, 6) is 0. The molecule has 0 aromatic carbocycles. The maximum Gasteiger partial charge on any atom is 0.106 e. The Morgan fingerprint density at radius 2 is 2.40 bits per heavy atom. The number of thiazole rings is 1. The topological polar surface area (TPSA) is 55.6 Å². The Morgan fingerprint density at radius 3 is 3.13 bits per heavy atom. The van der Waals surface area contributed by atoms with Crippen LogP contribution in [0.4, 0.5) is 0 Å². The fraction of sp³-hybridized carbons (Fsp3) is 0.444. The number of aryl methyl sites for hydroxylation is 1. The van der Waals surface area contributed by atoms with Gasteiger partial charge in [-0.15, -0.1) is 16.4 Å². The molecule has 0 atom stereocenters. The zero-order chi connectivity index (χ0) is 10.3. The number of nitrogens with one attached hydrogen (secondary N) is 1. The van der Waals surface area contributed by atoms with Gasteiger partial charge in [-0.1, -0.05) is 5.21 Å². The van der Waals surface area contributed by atoms with Crippen LogP contribution in [0.5, 0.6) is 0 Å². The van der Waals surface area contributed by atoms with Crippen molar-refractivity contribution >= 4 is 11.3 Å². The number of nitrogens with zero attached hydrogens (tertiary/aromatic N) is 4. The fourth-order valence-corrected chi connectivity index (χ4v) is 1.84. The molecule has 2 rings (SSSR count). The molecule has 0 saturated carbocycles. The van der Waals surface area contributed by atoms with E-state index in [1.807, 2.05) is 22.5 Å². The van der Waals surface area contributed by atoms with E-state index in [9.17, 15) is 0 Å². The quantitative estimate of drug-likeness (QED) is 0.740. The zero-order valence-electron chi connectivity index (χ0n) is 8.33. The molecule has 1 N–H and O–H groups in total. The van der Waals surface area contributed by atoms with Crippen LogP contribution in [0.3, 0.4) is 0 Å². The number of aromatic nitrogens is 4. The Balaban J connectivity index is 1.56. The van der Waals surface area contributed by atoms with Gasteiger partial charge in [-0.25, -0.2) is 4.98 Å². The summed E-state index contributed by atoms with van der Waals surface area (Å²) >= 11 is 1.68. The Hall–Kier alpha value is -1.27. The lowest BCUT2D eigenvalue weighted by atomic mass is 10.4. The van der Waals surface area contributed by atoms with Crippen molar-refractivity contribution in [1.29, 1.82) is 0 Å². The SMILES string of the molecule is c1cn(CCCNCc2nccs2)nn1. The number of hydrogen-bond donors (Lipinski definition) is 1. The summed E-state index contributed by atoms with van der Waals surface area (Å²) in [5, 5.41) is 14.1. The maximum atomic E-state index is 4.19. The lowest BCUT2D eigenvalue weighted by Gasteiger charge is -2.02. The van der Waals surface area contributed by atoms with Crippen LogP contribution in [-0.4, -0.2) is 26.5 Å². The van der Waals surface area contributed by atoms with Crippen LogP contribution in [0.1, 0.15) is 11.4 Å². The third kappa shape index (κ3) is 3.41. The van der Waals surface area contributed by atoms with E-state index in [0.717, 1.165) is 31.1 Å². The first-order chi connectivity index (χ1) is 7.45. The van der Waals surface area contributed by atoms with E-state index in [4.69, 9.17) is 0 Å². The smallest absolute Gasteiger partial charge is 0.106 e. The van der Waals surface area contributed by atoms with Gasteiger partial charge in [0, 0.05) is 30.9 Å². The molecule has 0 bridgehead atoms. The standard InChI is InChI=1S/C9H13N5S/c1(5-14-6-3-12-13-14)2-10-8-9-11-4-7-15-9/h3-4,6-7,10H,1-2,5,8H2. The monoisotopic (exact) mass is 223 g/mol. The summed E-state index contributed by atoms with van der Waals surface area (Å²) in [7, 11) is 0. The molecule has 0 aliphatic carbocycles. The van der Waals surface area contributed by atoms with Gasteiger partial charge in [0.2, 0.25) is 0 Å². The van der Waals surface area contributed by atoms with E-state index in [0.29, 0.717) is 0 Å². The summed E-state index contributed by atoms with van der Waals surface area (Å²) in [6.07, 6.45) is 6.45. The van der Waals surface area contributed by atoms with E-state index in [-0.39, 0.29) is 0 Å². The van der Waals surface area contributed by atoms with Crippen LogP contribution in [-0.2, 0) is 13.1 Å². The van der Waals surface area contributed by atoms with E-state index in [2.05, 4.69) is 20.6 Å². The van der Waals surface area contributed by atoms with Crippen molar-refractivity contribution in [2.24, 2.45) is 0 Å². The molecule has 5 nitrogen and oxygen atoms in total. The van der Waals surface area contributed by atoms with Crippen LogP contribution in [0.2, 0.25) is 0 Å². The molecule has 2 aromatic heterocycles. The van der Waals surface area contributed by atoms with Gasteiger partial charge in [0.25, 0.3) is 0 Å². The van der Waals surface area contributed by atoms with Crippen molar-refractivity contribution in [2.45, 2.75) is 19.5 Å². The normalized spacial score (nSPS) is 10.7. The van der Waals surface area contributed by atoms with Crippen LogP contribution in [0, 0.1) is 0 Å². The first kappa shape index (κ1) is 10.3. The molecule has 2 aromatic rings. The van der Waals surface area contributed by atoms with Crippen LogP contribution in [0.15, 0.2) is 24.0 Å². The Bertz CT molecular complexity index is 320. The highest BCUT2D eigenvalue weighted by molar-refractivity contribution is 7.09. The molecule has 6 heteroatoms. The van der Waals surface area contributed by atoms with Gasteiger partial charge in [-0.3, -0.25) is 4.68 Å². The fourth-order valence-electron chi connectivity index (χ4n) is 1.25. The molecule has 0 fully saturated rings. The maximum absolute atomic E-state index is 4.19. The van der Waals surface area contributed by atoms with Gasteiger partial charge in [0.1, 0.15) is 5.01 Å². The summed E-state index contributed by atoms with van der Waals surface area (Å²) in [6, 6.07) is 0. The molecule has 0 aliphatic rings. The molecule has 0 radical (unpaired) electrons. The van der Waals surface area contributed by atoms with Gasteiger partial charge in [-0.05, 0) is 13.0 Å². The van der Waals surface area contributed by atoms with Gasteiger partial charge >= 0.3 is 0 Å². The van der Waals surface area contributed by atoms with E-state index >= 15 is 0 Å².